The van der Waals surface area contributed by atoms with Crippen LogP contribution in [0.3, 0.4) is 0 Å². The smallest absolute Gasteiger partial charge is 0.325 e. The van der Waals surface area contributed by atoms with E-state index < -0.39 is 12.0 Å². The first kappa shape index (κ1) is 13.9. The normalized spacial score (nSPS) is 17.4. The van der Waals surface area contributed by atoms with Crippen LogP contribution < -0.4 is 5.43 Å². The van der Waals surface area contributed by atoms with Gasteiger partial charge in [0.15, 0.2) is 0 Å². The summed E-state index contributed by atoms with van der Waals surface area (Å²) in [6, 6.07) is -0.765. The summed E-state index contributed by atoms with van der Waals surface area (Å²) < 4.78 is 4.83. The molecule has 1 aliphatic rings. The minimum Gasteiger partial charge on any atom is -0.465 e. The Hall–Kier alpha value is -1.14. The number of esters is 1. The molecule has 2 amide bonds. The van der Waals surface area contributed by atoms with E-state index in [4.69, 9.17) is 16.3 Å². The molecule has 1 aliphatic heterocycles. The lowest BCUT2D eigenvalue weighted by Crippen LogP contribution is -2.51. The van der Waals surface area contributed by atoms with E-state index in [2.05, 4.69) is 5.43 Å². The van der Waals surface area contributed by atoms with Crippen LogP contribution in [0.15, 0.2) is 0 Å². The molecule has 7 heteroatoms. The molecule has 0 saturated carbocycles. The Morgan fingerprint density at radius 3 is 2.53 bits per heavy atom. The highest BCUT2D eigenvalue weighted by atomic mass is 35.5. The summed E-state index contributed by atoms with van der Waals surface area (Å²) in [6.45, 7) is 1.92. The monoisotopic (exact) mass is 262 g/mol. The zero-order valence-corrected chi connectivity index (χ0v) is 10.3. The average Bonchev–Trinajstić information content (AvgIpc) is 2.60. The van der Waals surface area contributed by atoms with Crippen LogP contribution in [-0.2, 0) is 19.1 Å². The summed E-state index contributed by atoms with van der Waals surface area (Å²) in [5.41, 5.74) is 2.58. The maximum absolute atomic E-state index is 11.5. The summed E-state index contributed by atoms with van der Waals surface area (Å²) in [6.07, 6.45) is 0.627. The SMILES string of the molecule is CCOC(=O)C(CCCl)NN1C(=O)CCC1=O. The minimum atomic E-state index is -0.765. The van der Waals surface area contributed by atoms with Crippen LogP contribution in [0.2, 0.25) is 0 Å². The first-order chi connectivity index (χ1) is 8.10. The second kappa shape index (κ2) is 6.56. The molecule has 0 aromatic carbocycles. The molecule has 0 radical (unpaired) electrons. The number of hydrogen-bond donors (Lipinski definition) is 1. The zero-order chi connectivity index (χ0) is 12.8. The molecule has 0 bridgehead atoms. The first-order valence-corrected chi connectivity index (χ1v) is 5.98. The fourth-order valence-corrected chi connectivity index (χ4v) is 1.68. The Kier molecular flexibility index (Phi) is 5.37. The van der Waals surface area contributed by atoms with Crippen LogP contribution in [-0.4, -0.2) is 41.3 Å². The van der Waals surface area contributed by atoms with Gasteiger partial charge in [0.2, 0.25) is 11.8 Å². The summed E-state index contributed by atoms with van der Waals surface area (Å²) in [4.78, 5) is 34.3. The number of nitrogens with zero attached hydrogens (tertiary/aromatic N) is 1. The van der Waals surface area contributed by atoms with E-state index in [0.717, 1.165) is 5.01 Å². The second-order valence-corrected chi connectivity index (χ2v) is 3.91. The quantitative estimate of drug-likeness (QED) is 0.420. The maximum atomic E-state index is 11.5. The van der Waals surface area contributed by atoms with E-state index in [-0.39, 0.29) is 43.6 Å². The van der Waals surface area contributed by atoms with Crippen molar-refractivity contribution in [3.63, 3.8) is 0 Å². The standard InChI is InChI=1S/C10H15ClN2O4/c1-2-17-10(16)7(5-6-11)12-13-8(14)3-4-9(13)15/h7,12H,2-6H2,1H3. The van der Waals surface area contributed by atoms with E-state index in [1.165, 1.54) is 0 Å². The number of nitrogens with one attached hydrogen (secondary N) is 1. The fourth-order valence-electron chi connectivity index (χ4n) is 1.46. The second-order valence-electron chi connectivity index (χ2n) is 3.53. The van der Waals surface area contributed by atoms with Gasteiger partial charge in [-0.15, -0.1) is 11.6 Å². The molecule has 17 heavy (non-hydrogen) atoms. The van der Waals surface area contributed by atoms with Gasteiger partial charge in [-0.1, -0.05) is 0 Å². The van der Waals surface area contributed by atoms with Crippen LogP contribution in [0.5, 0.6) is 0 Å². The van der Waals surface area contributed by atoms with Crippen molar-refractivity contribution in [2.45, 2.75) is 32.2 Å². The molecule has 1 N–H and O–H groups in total. The summed E-state index contributed by atoms with van der Waals surface area (Å²) in [5.74, 6) is -0.953. The van der Waals surface area contributed by atoms with E-state index >= 15 is 0 Å². The van der Waals surface area contributed by atoms with Crippen molar-refractivity contribution in [3.05, 3.63) is 0 Å². The number of hydrazine groups is 1. The molecule has 0 aliphatic carbocycles. The van der Waals surface area contributed by atoms with Crippen molar-refractivity contribution in [1.29, 1.82) is 0 Å². The van der Waals surface area contributed by atoms with Gasteiger partial charge < -0.3 is 4.74 Å². The van der Waals surface area contributed by atoms with Crippen molar-refractivity contribution >= 4 is 29.4 Å². The highest BCUT2D eigenvalue weighted by Gasteiger charge is 2.33. The lowest BCUT2D eigenvalue weighted by atomic mass is 10.2. The van der Waals surface area contributed by atoms with Crippen LogP contribution in [0.4, 0.5) is 0 Å². The number of rotatable bonds is 6. The molecule has 1 heterocycles. The first-order valence-electron chi connectivity index (χ1n) is 5.44. The lowest BCUT2D eigenvalue weighted by molar-refractivity contribution is -0.151. The van der Waals surface area contributed by atoms with Crippen molar-refractivity contribution in [1.82, 2.24) is 10.4 Å². The number of amides is 2. The Morgan fingerprint density at radius 2 is 2.06 bits per heavy atom. The number of imide groups is 1. The van der Waals surface area contributed by atoms with Gasteiger partial charge in [-0.05, 0) is 13.3 Å². The van der Waals surface area contributed by atoms with E-state index in [9.17, 15) is 14.4 Å². The Morgan fingerprint density at radius 1 is 1.47 bits per heavy atom. The van der Waals surface area contributed by atoms with E-state index in [1.807, 2.05) is 0 Å². The Labute approximate surface area is 104 Å². The average molecular weight is 263 g/mol. The fraction of sp³-hybridized carbons (Fsp3) is 0.700. The van der Waals surface area contributed by atoms with Crippen molar-refractivity contribution < 1.29 is 19.1 Å². The van der Waals surface area contributed by atoms with Gasteiger partial charge in [-0.2, -0.15) is 0 Å². The predicted molar refractivity (Wildman–Crippen MR) is 60.0 cm³/mol. The summed E-state index contributed by atoms with van der Waals surface area (Å²) >= 11 is 5.56. The molecule has 1 unspecified atom stereocenters. The van der Waals surface area contributed by atoms with Crippen LogP contribution in [0, 0.1) is 0 Å². The van der Waals surface area contributed by atoms with Gasteiger partial charge in [0.25, 0.3) is 0 Å². The van der Waals surface area contributed by atoms with Gasteiger partial charge in [0.05, 0.1) is 6.61 Å². The number of ether oxygens (including phenoxy) is 1. The van der Waals surface area contributed by atoms with Crippen molar-refractivity contribution in [3.8, 4) is 0 Å². The van der Waals surface area contributed by atoms with Gasteiger partial charge in [-0.3, -0.25) is 14.4 Å². The molecule has 0 aromatic rings. The maximum Gasteiger partial charge on any atom is 0.325 e. The molecule has 1 saturated heterocycles. The van der Waals surface area contributed by atoms with Gasteiger partial charge in [0.1, 0.15) is 6.04 Å². The van der Waals surface area contributed by atoms with Crippen molar-refractivity contribution in [2.75, 3.05) is 12.5 Å². The molecule has 96 valence electrons. The van der Waals surface area contributed by atoms with Gasteiger partial charge in [-0.25, -0.2) is 10.4 Å². The third kappa shape index (κ3) is 3.67. The number of hydrogen-bond acceptors (Lipinski definition) is 5. The molecule has 0 spiro atoms. The molecule has 6 nitrogen and oxygen atoms in total. The molecule has 1 atom stereocenters. The van der Waals surface area contributed by atoms with Crippen LogP contribution >= 0.6 is 11.6 Å². The third-order valence-electron chi connectivity index (χ3n) is 2.31. The van der Waals surface area contributed by atoms with Gasteiger partial charge >= 0.3 is 5.97 Å². The minimum absolute atomic E-state index is 0.169. The number of carbonyl (C=O) groups excluding carboxylic acids is 3. The summed E-state index contributed by atoms with van der Waals surface area (Å²) in [5, 5.41) is 0.883. The van der Waals surface area contributed by atoms with E-state index in [1.54, 1.807) is 6.92 Å². The number of carbonyl (C=O) groups is 3. The molecule has 0 aromatic heterocycles. The molecule has 1 fully saturated rings. The largest absolute Gasteiger partial charge is 0.465 e. The third-order valence-corrected chi connectivity index (χ3v) is 2.52. The molecular formula is C10H15ClN2O4. The van der Waals surface area contributed by atoms with Crippen LogP contribution in [0.25, 0.3) is 0 Å². The van der Waals surface area contributed by atoms with Gasteiger partial charge in [0, 0.05) is 18.7 Å². The summed E-state index contributed by atoms with van der Waals surface area (Å²) in [7, 11) is 0. The predicted octanol–water partition coefficient (Wildman–Crippen LogP) is 0.201. The Balaban J connectivity index is 2.62. The number of halogens is 1. The highest BCUT2D eigenvalue weighted by Crippen LogP contribution is 2.10. The van der Waals surface area contributed by atoms with Crippen LogP contribution in [0.1, 0.15) is 26.2 Å². The topological polar surface area (TPSA) is 75.7 Å². The molecular weight excluding hydrogens is 248 g/mol. The number of alkyl halides is 1. The van der Waals surface area contributed by atoms with Crippen molar-refractivity contribution in [2.24, 2.45) is 0 Å². The lowest BCUT2D eigenvalue weighted by Gasteiger charge is -2.22. The molecule has 1 rings (SSSR count). The Bertz CT molecular complexity index is 305. The zero-order valence-electron chi connectivity index (χ0n) is 9.57. The van der Waals surface area contributed by atoms with E-state index in [0.29, 0.717) is 0 Å². The highest BCUT2D eigenvalue weighted by molar-refractivity contribution is 6.18.